The lowest BCUT2D eigenvalue weighted by Gasteiger charge is -2.21. The minimum Gasteiger partial charge on any atom is -0.0829 e. The third-order valence-electron chi connectivity index (χ3n) is 3.19. The lowest BCUT2D eigenvalue weighted by molar-refractivity contribution is 0.316. The number of halogens is 1. The molecule has 0 rings (SSSR count). The van der Waals surface area contributed by atoms with Gasteiger partial charge in [-0.3, -0.25) is 0 Å². The normalized spacial score (nSPS) is 18.2. The summed E-state index contributed by atoms with van der Waals surface area (Å²) < 4.78 is 0.840. The van der Waals surface area contributed by atoms with Gasteiger partial charge >= 0.3 is 0 Å². The second-order valence-electron chi connectivity index (χ2n) is 5.28. The third-order valence-corrected chi connectivity index (χ3v) is 3.81. The first kappa shape index (κ1) is 14.7. The fourth-order valence-corrected chi connectivity index (χ4v) is 2.02. The van der Waals surface area contributed by atoms with Crippen molar-refractivity contribution < 1.29 is 0 Å². The highest BCUT2D eigenvalue weighted by molar-refractivity contribution is 14.1. The zero-order valence-corrected chi connectivity index (χ0v) is 12.7. The standard InChI is InChI=1S/C13H27I/c1-10(2)6-7-11(3)12(4)8-9-13(5)14/h10-13H,6-9H2,1-5H3/t11-,12?,13-/m0/s1. The Bertz CT molecular complexity index is 113. The summed E-state index contributed by atoms with van der Waals surface area (Å²) in [6.07, 6.45) is 5.59. The highest BCUT2D eigenvalue weighted by Crippen LogP contribution is 2.24. The molecular formula is C13H27I. The fraction of sp³-hybridized carbons (Fsp3) is 1.00. The maximum atomic E-state index is 2.53. The van der Waals surface area contributed by atoms with Gasteiger partial charge in [-0.05, 0) is 30.6 Å². The summed E-state index contributed by atoms with van der Waals surface area (Å²) in [5.74, 6) is 2.69. The van der Waals surface area contributed by atoms with E-state index in [2.05, 4.69) is 57.2 Å². The van der Waals surface area contributed by atoms with Crippen LogP contribution in [0.4, 0.5) is 0 Å². The summed E-state index contributed by atoms with van der Waals surface area (Å²) >= 11 is 2.53. The van der Waals surface area contributed by atoms with Crippen molar-refractivity contribution in [1.82, 2.24) is 0 Å². The van der Waals surface area contributed by atoms with Crippen molar-refractivity contribution in [2.24, 2.45) is 17.8 Å². The van der Waals surface area contributed by atoms with E-state index in [1.165, 1.54) is 25.7 Å². The Labute approximate surface area is 104 Å². The van der Waals surface area contributed by atoms with Gasteiger partial charge in [0.2, 0.25) is 0 Å². The molecule has 0 fully saturated rings. The second kappa shape index (κ2) is 7.95. The molecule has 1 heteroatoms. The Balaban J connectivity index is 3.59. The van der Waals surface area contributed by atoms with E-state index in [4.69, 9.17) is 0 Å². The van der Waals surface area contributed by atoms with Crippen LogP contribution >= 0.6 is 22.6 Å². The van der Waals surface area contributed by atoms with E-state index in [9.17, 15) is 0 Å². The molecule has 0 bridgehead atoms. The largest absolute Gasteiger partial charge is 0.0829 e. The summed E-state index contributed by atoms with van der Waals surface area (Å²) in [4.78, 5) is 0. The third kappa shape index (κ3) is 8.07. The van der Waals surface area contributed by atoms with Crippen LogP contribution < -0.4 is 0 Å². The maximum Gasteiger partial charge on any atom is 0.00814 e. The van der Waals surface area contributed by atoms with Crippen molar-refractivity contribution in [3.05, 3.63) is 0 Å². The molecule has 14 heavy (non-hydrogen) atoms. The van der Waals surface area contributed by atoms with Crippen molar-refractivity contribution in [2.45, 2.75) is 64.2 Å². The Morgan fingerprint density at radius 1 is 0.714 bits per heavy atom. The van der Waals surface area contributed by atoms with E-state index in [1.54, 1.807) is 0 Å². The molecule has 0 aliphatic rings. The molecule has 0 aromatic carbocycles. The van der Waals surface area contributed by atoms with Crippen LogP contribution in [-0.4, -0.2) is 3.92 Å². The predicted molar refractivity (Wildman–Crippen MR) is 75.1 cm³/mol. The number of alkyl halides is 1. The maximum absolute atomic E-state index is 2.53. The van der Waals surface area contributed by atoms with Crippen LogP contribution in [0.1, 0.15) is 60.3 Å². The lowest BCUT2D eigenvalue weighted by atomic mass is 9.86. The topological polar surface area (TPSA) is 0 Å². The van der Waals surface area contributed by atoms with Gasteiger partial charge in [-0.25, -0.2) is 0 Å². The average Bonchev–Trinajstić information content (AvgIpc) is 2.09. The van der Waals surface area contributed by atoms with E-state index in [0.717, 1.165) is 21.7 Å². The summed E-state index contributed by atoms with van der Waals surface area (Å²) in [7, 11) is 0. The molecule has 0 amide bonds. The smallest absolute Gasteiger partial charge is 0.00814 e. The van der Waals surface area contributed by atoms with Gasteiger partial charge < -0.3 is 0 Å². The lowest BCUT2D eigenvalue weighted by Crippen LogP contribution is -2.10. The van der Waals surface area contributed by atoms with E-state index >= 15 is 0 Å². The molecule has 0 saturated heterocycles. The van der Waals surface area contributed by atoms with Crippen molar-refractivity contribution >= 4 is 22.6 Å². The highest BCUT2D eigenvalue weighted by atomic mass is 127. The Morgan fingerprint density at radius 2 is 1.14 bits per heavy atom. The number of hydrogen-bond donors (Lipinski definition) is 0. The highest BCUT2D eigenvalue weighted by Gasteiger charge is 2.13. The molecule has 0 heterocycles. The molecule has 3 atom stereocenters. The van der Waals surface area contributed by atoms with Crippen LogP contribution in [0.15, 0.2) is 0 Å². The van der Waals surface area contributed by atoms with Crippen molar-refractivity contribution in [1.29, 1.82) is 0 Å². The SMILES string of the molecule is CC(C)CC[C@H](C)C(C)CC[C@H](C)I. The Hall–Kier alpha value is 0.730. The van der Waals surface area contributed by atoms with Gasteiger partial charge in [-0.1, -0.05) is 70.1 Å². The van der Waals surface area contributed by atoms with Gasteiger partial charge in [0, 0.05) is 3.92 Å². The van der Waals surface area contributed by atoms with Gasteiger partial charge in [0.15, 0.2) is 0 Å². The molecular weight excluding hydrogens is 283 g/mol. The van der Waals surface area contributed by atoms with Crippen LogP contribution in [0, 0.1) is 17.8 Å². The van der Waals surface area contributed by atoms with Crippen molar-refractivity contribution in [3.63, 3.8) is 0 Å². The van der Waals surface area contributed by atoms with Crippen LogP contribution in [0.25, 0.3) is 0 Å². The van der Waals surface area contributed by atoms with Gasteiger partial charge in [-0.2, -0.15) is 0 Å². The first-order valence-corrected chi connectivity index (χ1v) is 7.32. The molecule has 86 valence electrons. The molecule has 0 aromatic heterocycles. The Morgan fingerprint density at radius 3 is 1.50 bits per heavy atom. The van der Waals surface area contributed by atoms with Crippen LogP contribution in [0.5, 0.6) is 0 Å². The van der Waals surface area contributed by atoms with E-state index in [-0.39, 0.29) is 0 Å². The molecule has 0 aromatic rings. The molecule has 1 unspecified atom stereocenters. The zero-order valence-electron chi connectivity index (χ0n) is 10.5. The first-order chi connectivity index (χ1) is 6.43. The van der Waals surface area contributed by atoms with Crippen molar-refractivity contribution in [2.75, 3.05) is 0 Å². The molecule has 0 aliphatic heterocycles. The first-order valence-electron chi connectivity index (χ1n) is 6.07. The van der Waals surface area contributed by atoms with Gasteiger partial charge in [-0.15, -0.1) is 0 Å². The minimum atomic E-state index is 0.840. The summed E-state index contributed by atoms with van der Waals surface area (Å²) in [5.41, 5.74) is 0. The predicted octanol–water partition coefficient (Wildman–Crippen LogP) is 5.30. The molecule has 0 spiro atoms. The van der Waals surface area contributed by atoms with Gasteiger partial charge in [0.1, 0.15) is 0 Å². The monoisotopic (exact) mass is 310 g/mol. The summed E-state index contributed by atoms with van der Waals surface area (Å²) in [6.45, 7) is 11.8. The van der Waals surface area contributed by atoms with Crippen LogP contribution in [0.2, 0.25) is 0 Å². The molecule has 0 nitrogen and oxygen atoms in total. The molecule has 0 saturated carbocycles. The summed E-state index contributed by atoms with van der Waals surface area (Å²) in [5, 5.41) is 0. The molecule has 0 N–H and O–H groups in total. The summed E-state index contributed by atoms with van der Waals surface area (Å²) in [6, 6.07) is 0. The Kier molecular flexibility index (Phi) is 8.36. The minimum absolute atomic E-state index is 0.840. The second-order valence-corrected chi connectivity index (χ2v) is 7.41. The van der Waals surface area contributed by atoms with Crippen LogP contribution in [-0.2, 0) is 0 Å². The van der Waals surface area contributed by atoms with Gasteiger partial charge in [0.05, 0.1) is 0 Å². The van der Waals surface area contributed by atoms with Crippen molar-refractivity contribution in [3.8, 4) is 0 Å². The van der Waals surface area contributed by atoms with E-state index in [0.29, 0.717) is 0 Å². The molecule has 0 radical (unpaired) electrons. The van der Waals surface area contributed by atoms with Crippen LogP contribution in [0.3, 0.4) is 0 Å². The number of rotatable bonds is 7. The quantitative estimate of drug-likeness (QED) is 0.442. The van der Waals surface area contributed by atoms with Gasteiger partial charge in [0.25, 0.3) is 0 Å². The van der Waals surface area contributed by atoms with E-state index < -0.39 is 0 Å². The average molecular weight is 310 g/mol. The molecule has 0 aliphatic carbocycles. The fourth-order valence-electron chi connectivity index (χ4n) is 1.66. The number of hydrogen-bond acceptors (Lipinski definition) is 0. The zero-order chi connectivity index (χ0) is 11.1. The van der Waals surface area contributed by atoms with E-state index in [1.807, 2.05) is 0 Å².